The number of nitrogens with one attached hydrogen (secondary N) is 1. The Bertz CT molecular complexity index is 1200. The third-order valence-electron chi connectivity index (χ3n) is 6.60. The highest BCUT2D eigenvalue weighted by Gasteiger charge is 2.30. The second-order valence-corrected chi connectivity index (χ2v) is 11.5. The summed E-state index contributed by atoms with van der Waals surface area (Å²) in [5, 5.41) is 3.88. The molecule has 0 saturated carbocycles. The monoisotopic (exact) mass is 552 g/mol. The minimum atomic E-state index is -0.658. The highest BCUT2D eigenvalue weighted by atomic mass is 35.5. The molecule has 0 radical (unpaired) electrons. The molecule has 38 heavy (non-hydrogen) atoms. The van der Waals surface area contributed by atoms with Gasteiger partial charge in [-0.15, -0.1) is 0 Å². The van der Waals surface area contributed by atoms with Crippen molar-refractivity contribution in [3.8, 4) is 0 Å². The number of benzene rings is 3. The van der Waals surface area contributed by atoms with E-state index in [0.29, 0.717) is 35.9 Å². The van der Waals surface area contributed by atoms with Gasteiger partial charge in [0.15, 0.2) is 0 Å². The predicted molar refractivity (Wildman–Crippen MR) is 158 cm³/mol. The highest BCUT2D eigenvalue weighted by molar-refractivity contribution is 6.42. The van der Waals surface area contributed by atoms with Gasteiger partial charge < -0.3 is 10.2 Å². The molecule has 4 nitrogen and oxygen atoms in total. The number of halogens is 2. The first-order chi connectivity index (χ1) is 18.1. The van der Waals surface area contributed by atoms with E-state index in [9.17, 15) is 9.59 Å². The molecule has 0 bridgehead atoms. The number of nitrogens with zero attached hydrogens (tertiary/aromatic N) is 1. The Balaban J connectivity index is 1.88. The third kappa shape index (κ3) is 8.61. The van der Waals surface area contributed by atoms with Crippen LogP contribution in [0.25, 0.3) is 0 Å². The van der Waals surface area contributed by atoms with E-state index in [-0.39, 0.29) is 23.8 Å². The first kappa shape index (κ1) is 29.7. The Kier molecular flexibility index (Phi) is 10.8. The summed E-state index contributed by atoms with van der Waals surface area (Å²) in [6.45, 7) is 9.37. The van der Waals surface area contributed by atoms with E-state index in [1.54, 1.807) is 17.0 Å². The lowest BCUT2D eigenvalue weighted by atomic mass is 9.86. The molecule has 0 aliphatic rings. The maximum absolute atomic E-state index is 13.8. The van der Waals surface area contributed by atoms with Crippen molar-refractivity contribution in [1.82, 2.24) is 10.2 Å². The van der Waals surface area contributed by atoms with Crippen LogP contribution in [0.5, 0.6) is 0 Å². The van der Waals surface area contributed by atoms with Gasteiger partial charge in [0.2, 0.25) is 11.8 Å². The summed E-state index contributed by atoms with van der Waals surface area (Å²) in [7, 11) is 0. The molecule has 3 rings (SSSR count). The molecule has 2 amide bonds. The topological polar surface area (TPSA) is 49.4 Å². The highest BCUT2D eigenvalue weighted by Crippen LogP contribution is 2.25. The summed E-state index contributed by atoms with van der Waals surface area (Å²) in [6, 6.07) is 22.9. The second kappa shape index (κ2) is 13.8. The first-order valence-corrected chi connectivity index (χ1v) is 14.0. The van der Waals surface area contributed by atoms with Gasteiger partial charge in [-0.1, -0.05) is 112 Å². The maximum Gasteiger partial charge on any atom is 0.243 e. The van der Waals surface area contributed by atoms with Gasteiger partial charge in [0, 0.05) is 25.9 Å². The van der Waals surface area contributed by atoms with Crippen LogP contribution in [0, 0.1) is 0 Å². The second-order valence-electron chi connectivity index (χ2n) is 10.7. The average Bonchev–Trinajstić information content (AvgIpc) is 2.90. The van der Waals surface area contributed by atoms with Crippen LogP contribution >= 0.6 is 23.2 Å². The van der Waals surface area contributed by atoms with Crippen LogP contribution in [0.15, 0.2) is 72.8 Å². The molecule has 202 valence electrons. The fourth-order valence-electron chi connectivity index (χ4n) is 4.32. The molecule has 0 aliphatic heterocycles. The number of carbonyl (C=O) groups is 2. The zero-order valence-corrected chi connectivity index (χ0v) is 24.3. The quantitative estimate of drug-likeness (QED) is 0.269. The van der Waals surface area contributed by atoms with E-state index in [1.165, 1.54) is 5.56 Å². The molecule has 0 spiro atoms. The fourth-order valence-corrected chi connectivity index (χ4v) is 4.64. The number of aryl methyl sites for hydroxylation is 1. The van der Waals surface area contributed by atoms with E-state index in [2.05, 4.69) is 50.4 Å². The van der Waals surface area contributed by atoms with Gasteiger partial charge in [-0.2, -0.15) is 0 Å². The lowest BCUT2D eigenvalue weighted by Gasteiger charge is -2.32. The van der Waals surface area contributed by atoms with E-state index in [1.807, 2.05) is 43.3 Å². The Morgan fingerprint density at radius 1 is 0.868 bits per heavy atom. The van der Waals surface area contributed by atoms with Gasteiger partial charge >= 0.3 is 0 Å². The normalized spacial score (nSPS) is 12.2. The molecule has 3 aromatic carbocycles. The summed E-state index contributed by atoms with van der Waals surface area (Å²) in [5.74, 6) is -0.234. The van der Waals surface area contributed by atoms with Crippen LogP contribution in [-0.4, -0.2) is 29.3 Å². The molecule has 1 N–H and O–H groups in total. The summed E-state index contributed by atoms with van der Waals surface area (Å²) in [5.41, 5.74) is 4.24. The molecule has 0 saturated heterocycles. The Morgan fingerprint density at radius 3 is 2.13 bits per heavy atom. The Hall–Kier alpha value is -2.82. The number of rotatable bonds is 11. The molecule has 1 unspecified atom stereocenters. The van der Waals surface area contributed by atoms with Gasteiger partial charge in [0.05, 0.1) is 10.0 Å². The van der Waals surface area contributed by atoms with Crippen molar-refractivity contribution < 1.29 is 9.59 Å². The largest absolute Gasteiger partial charge is 0.354 e. The van der Waals surface area contributed by atoms with Crippen LogP contribution in [0.3, 0.4) is 0 Å². The van der Waals surface area contributed by atoms with Crippen LogP contribution in [0.1, 0.15) is 62.8 Å². The van der Waals surface area contributed by atoms with Crippen molar-refractivity contribution in [3.63, 3.8) is 0 Å². The minimum Gasteiger partial charge on any atom is -0.354 e. The zero-order chi connectivity index (χ0) is 27.7. The standard InChI is InChI=1S/C32H38Cl2N2O2/c1-5-19-35-31(38)29(21-24-9-7-6-8-10-24)36(22-25-13-17-27(33)28(34)20-25)30(37)18-14-23-11-15-26(16-12-23)32(2,3)4/h6-13,15-17,20,29H,5,14,18-19,21-22H2,1-4H3,(H,35,38). The molecule has 0 heterocycles. The SMILES string of the molecule is CCCNC(=O)C(Cc1ccccc1)N(Cc1ccc(Cl)c(Cl)c1)C(=O)CCc1ccc(C(C)(C)C)cc1. The minimum absolute atomic E-state index is 0.0709. The first-order valence-electron chi connectivity index (χ1n) is 13.2. The van der Waals surface area contributed by atoms with Crippen molar-refractivity contribution >= 4 is 35.0 Å². The van der Waals surface area contributed by atoms with Gasteiger partial charge in [0.25, 0.3) is 0 Å². The summed E-state index contributed by atoms with van der Waals surface area (Å²) in [6.07, 6.45) is 2.12. The molecule has 0 aromatic heterocycles. The van der Waals surface area contributed by atoms with Crippen molar-refractivity contribution in [3.05, 3.63) is 105 Å². The summed E-state index contributed by atoms with van der Waals surface area (Å²) < 4.78 is 0. The number of amides is 2. The van der Waals surface area contributed by atoms with Crippen LogP contribution < -0.4 is 5.32 Å². The van der Waals surface area contributed by atoms with E-state index < -0.39 is 6.04 Å². The average molecular weight is 554 g/mol. The van der Waals surface area contributed by atoms with Crippen LogP contribution in [0.2, 0.25) is 10.0 Å². The zero-order valence-electron chi connectivity index (χ0n) is 22.8. The predicted octanol–water partition coefficient (Wildman–Crippen LogP) is 7.39. The number of hydrogen-bond donors (Lipinski definition) is 1. The van der Waals surface area contributed by atoms with Crippen molar-refractivity contribution in [2.24, 2.45) is 0 Å². The Labute approximate surface area is 237 Å². The molecule has 1 atom stereocenters. The van der Waals surface area contributed by atoms with Gasteiger partial charge in [-0.05, 0) is 52.6 Å². The van der Waals surface area contributed by atoms with E-state index in [0.717, 1.165) is 23.1 Å². The van der Waals surface area contributed by atoms with Crippen molar-refractivity contribution in [2.45, 2.75) is 71.4 Å². The summed E-state index contributed by atoms with van der Waals surface area (Å²) in [4.78, 5) is 28.9. The van der Waals surface area contributed by atoms with Gasteiger partial charge in [0.1, 0.15) is 6.04 Å². The third-order valence-corrected chi connectivity index (χ3v) is 7.34. The lowest BCUT2D eigenvalue weighted by molar-refractivity contribution is -0.141. The number of hydrogen-bond acceptors (Lipinski definition) is 2. The van der Waals surface area contributed by atoms with Crippen molar-refractivity contribution in [1.29, 1.82) is 0 Å². The van der Waals surface area contributed by atoms with Gasteiger partial charge in [-0.25, -0.2) is 0 Å². The fraction of sp³-hybridized carbons (Fsp3) is 0.375. The van der Waals surface area contributed by atoms with E-state index in [4.69, 9.17) is 23.2 Å². The molecular weight excluding hydrogens is 515 g/mol. The van der Waals surface area contributed by atoms with E-state index >= 15 is 0 Å². The van der Waals surface area contributed by atoms with Crippen LogP contribution in [-0.2, 0) is 34.4 Å². The van der Waals surface area contributed by atoms with Crippen LogP contribution in [0.4, 0.5) is 0 Å². The number of carbonyl (C=O) groups excluding carboxylic acids is 2. The van der Waals surface area contributed by atoms with Crippen molar-refractivity contribution in [2.75, 3.05) is 6.54 Å². The van der Waals surface area contributed by atoms with Gasteiger partial charge in [-0.3, -0.25) is 9.59 Å². The molecule has 0 aliphatic carbocycles. The summed E-state index contributed by atoms with van der Waals surface area (Å²) >= 11 is 12.4. The maximum atomic E-state index is 13.8. The lowest BCUT2D eigenvalue weighted by Crippen LogP contribution is -2.50. The molecule has 3 aromatic rings. The molecular formula is C32H38Cl2N2O2. The Morgan fingerprint density at radius 2 is 1.53 bits per heavy atom. The smallest absolute Gasteiger partial charge is 0.243 e. The molecule has 0 fully saturated rings. The molecule has 6 heteroatoms.